The van der Waals surface area contributed by atoms with Crippen LogP contribution in [0.25, 0.3) is 0 Å². The van der Waals surface area contributed by atoms with Crippen molar-refractivity contribution in [2.75, 3.05) is 10.2 Å². The van der Waals surface area contributed by atoms with Gasteiger partial charge in [-0.3, -0.25) is 14.5 Å². The summed E-state index contributed by atoms with van der Waals surface area (Å²) in [6, 6.07) is 24.0. The lowest BCUT2D eigenvalue weighted by Crippen LogP contribution is -2.44. The van der Waals surface area contributed by atoms with E-state index in [1.165, 1.54) is 4.90 Å². The Morgan fingerprint density at radius 3 is 2.33 bits per heavy atom. The quantitative estimate of drug-likeness (QED) is 0.291. The number of para-hydroxylation sites is 2. The van der Waals surface area contributed by atoms with Gasteiger partial charge in [-0.2, -0.15) is 0 Å². The Bertz CT molecular complexity index is 1420. The van der Waals surface area contributed by atoms with Crippen LogP contribution in [-0.4, -0.2) is 29.1 Å². The van der Waals surface area contributed by atoms with Gasteiger partial charge in [0, 0.05) is 16.9 Å². The first-order chi connectivity index (χ1) is 19.0. The van der Waals surface area contributed by atoms with Gasteiger partial charge in [-0.05, 0) is 73.1 Å². The molecule has 2 amide bonds. The van der Waals surface area contributed by atoms with E-state index in [1.54, 1.807) is 30.3 Å². The molecule has 4 atom stereocenters. The first kappa shape index (κ1) is 25.4. The lowest BCUT2D eigenvalue weighted by atomic mass is 9.54. The molecule has 3 aliphatic rings. The van der Waals surface area contributed by atoms with Crippen molar-refractivity contribution in [3.05, 3.63) is 95.5 Å². The van der Waals surface area contributed by atoms with Crippen molar-refractivity contribution in [3.8, 4) is 5.75 Å². The van der Waals surface area contributed by atoms with Crippen molar-refractivity contribution < 1.29 is 24.4 Å². The third-order valence-corrected chi connectivity index (χ3v) is 8.23. The Hall–Kier alpha value is -3.88. The monoisotopic (exact) mass is 522 g/mol. The average Bonchev–Trinajstić information content (AvgIpc) is 3.19. The highest BCUT2D eigenvalue weighted by Crippen LogP contribution is 2.53. The first-order valence-corrected chi connectivity index (χ1v) is 13.6. The number of hydrogen-bond donors (Lipinski definition) is 3. The van der Waals surface area contributed by atoms with Gasteiger partial charge in [-0.15, -0.1) is 0 Å². The second-order valence-corrected chi connectivity index (χ2v) is 10.6. The van der Waals surface area contributed by atoms with Gasteiger partial charge in [0.25, 0.3) is 0 Å². The number of hydrogen-bond acceptors (Lipinski definition) is 6. The van der Waals surface area contributed by atoms with Gasteiger partial charge >= 0.3 is 7.12 Å². The molecule has 8 heteroatoms. The van der Waals surface area contributed by atoms with Crippen LogP contribution in [0.15, 0.2) is 89.9 Å². The molecule has 3 aromatic rings. The minimum Gasteiger partial charge on any atom is -0.508 e. The standard InChI is InChI=1S/C31H31BN2O5/c1-2-8-19-17-25-28(24-18-27(39-32(38)29(19)24)23-11-6-7-12-26(23)35)31(37)34(30(25)36)22-15-13-21(14-16-22)33-20-9-4-3-5-10-20/h3-7,9-16,24-25,27-28,33,35,38H,2,8,17-18H2,1H3/t24-,25-,27-,28+/m0/s1. The number of rotatable bonds is 6. The van der Waals surface area contributed by atoms with Crippen LogP contribution in [0.2, 0.25) is 0 Å². The van der Waals surface area contributed by atoms with E-state index in [2.05, 4.69) is 12.2 Å². The van der Waals surface area contributed by atoms with E-state index in [4.69, 9.17) is 4.65 Å². The number of allylic oxidation sites excluding steroid dienone is 2. The second-order valence-electron chi connectivity index (χ2n) is 10.6. The van der Waals surface area contributed by atoms with Gasteiger partial charge < -0.3 is 20.1 Å². The number of phenols is 1. The molecule has 39 heavy (non-hydrogen) atoms. The number of imide groups is 1. The summed E-state index contributed by atoms with van der Waals surface area (Å²) in [7, 11) is -1.18. The number of aromatic hydroxyl groups is 1. The van der Waals surface area contributed by atoms with Gasteiger partial charge in [0.05, 0.1) is 23.6 Å². The molecule has 3 aromatic carbocycles. The van der Waals surface area contributed by atoms with E-state index >= 15 is 0 Å². The fourth-order valence-corrected chi connectivity index (χ4v) is 6.55. The number of carbonyl (C=O) groups excluding carboxylic acids is 2. The highest BCUT2D eigenvalue weighted by Gasteiger charge is 2.58. The summed E-state index contributed by atoms with van der Waals surface area (Å²) in [6.07, 6.45) is 1.86. The molecule has 198 valence electrons. The van der Waals surface area contributed by atoms with Gasteiger partial charge in [-0.1, -0.05) is 55.3 Å². The summed E-state index contributed by atoms with van der Waals surface area (Å²) < 4.78 is 6.00. The topological polar surface area (TPSA) is 99.1 Å². The summed E-state index contributed by atoms with van der Waals surface area (Å²) in [5.41, 5.74) is 4.68. The molecular weight excluding hydrogens is 491 g/mol. The number of anilines is 3. The fourth-order valence-electron chi connectivity index (χ4n) is 6.55. The lowest BCUT2D eigenvalue weighted by molar-refractivity contribution is -0.123. The van der Waals surface area contributed by atoms with Gasteiger partial charge in [0.1, 0.15) is 5.75 Å². The molecule has 0 radical (unpaired) electrons. The van der Waals surface area contributed by atoms with Crippen LogP contribution >= 0.6 is 0 Å². The van der Waals surface area contributed by atoms with Crippen molar-refractivity contribution in [1.29, 1.82) is 0 Å². The molecule has 6 rings (SSSR count). The zero-order valence-corrected chi connectivity index (χ0v) is 21.8. The normalized spacial score (nSPS) is 24.6. The molecule has 1 aliphatic carbocycles. The molecule has 7 nitrogen and oxygen atoms in total. The van der Waals surface area contributed by atoms with Crippen molar-refractivity contribution in [2.24, 2.45) is 17.8 Å². The SMILES string of the molecule is CCCC1=C2B(O)O[C@H](c3ccccc3O)C[C@H]2[C@H]2C(=O)N(c3ccc(Nc4ccccc4)cc3)C(=O)[C@H]2C1. The van der Waals surface area contributed by atoms with Crippen LogP contribution in [-0.2, 0) is 14.2 Å². The summed E-state index contributed by atoms with van der Waals surface area (Å²) in [4.78, 5) is 29.1. The van der Waals surface area contributed by atoms with Crippen LogP contribution in [0.1, 0.15) is 44.3 Å². The predicted molar refractivity (Wildman–Crippen MR) is 150 cm³/mol. The molecule has 2 heterocycles. The Balaban J connectivity index is 1.31. The van der Waals surface area contributed by atoms with Crippen molar-refractivity contribution in [3.63, 3.8) is 0 Å². The van der Waals surface area contributed by atoms with Crippen LogP contribution < -0.4 is 10.2 Å². The molecule has 0 saturated carbocycles. The van der Waals surface area contributed by atoms with E-state index in [9.17, 15) is 19.7 Å². The van der Waals surface area contributed by atoms with E-state index in [0.717, 1.165) is 35.3 Å². The number of fused-ring (bicyclic) bond motifs is 3. The Labute approximate surface area is 228 Å². The van der Waals surface area contributed by atoms with Crippen molar-refractivity contribution in [1.82, 2.24) is 0 Å². The predicted octanol–water partition coefficient (Wildman–Crippen LogP) is 5.54. The summed E-state index contributed by atoms with van der Waals surface area (Å²) in [5, 5.41) is 24.9. The van der Waals surface area contributed by atoms with E-state index in [-0.39, 0.29) is 23.5 Å². The second kappa shape index (κ2) is 10.4. The highest BCUT2D eigenvalue weighted by molar-refractivity contribution is 6.53. The summed E-state index contributed by atoms with van der Waals surface area (Å²) in [6.45, 7) is 2.06. The maximum absolute atomic E-state index is 14.0. The molecule has 3 N–H and O–H groups in total. The Kier molecular flexibility index (Phi) is 6.75. The average molecular weight is 522 g/mol. The maximum atomic E-state index is 14.0. The molecule has 0 spiro atoms. The van der Waals surface area contributed by atoms with Crippen LogP contribution in [0, 0.1) is 17.8 Å². The van der Waals surface area contributed by atoms with Crippen LogP contribution in [0.3, 0.4) is 0 Å². The molecule has 2 aliphatic heterocycles. The zero-order valence-electron chi connectivity index (χ0n) is 21.8. The Morgan fingerprint density at radius 1 is 0.923 bits per heavy atom. The van der Waals surface area contributed by atoms with Crippen LogP contribution in [0.5, 0.6) is 5.75 Å². The van der Waals surface area contributed by atoms with E-state index < -0.39 is 25.1 Å². The number of amides is 2. The zero-order chi connectivity index (χ0) is 27.1. The smallest absolute Gasteiger partial charge is 0.487 e. The molecule has 0 unspecified atom stereocenters. The lowest BCUT2D eigenvalue weighted by Gasteiger charge is -2.42. The van der Waals surface area contributed by atoms with E-state index in [1.807, 2.05) is 48.5 Å². The first-order valence-electron chi connectivity index (χ1n) is 13.6. The molecule has 0 aromatic heterocycles. The molecule has 2 fully saturated rings. The third kappa shape index (κ3) is 4.53. The fraction of sp³-hybridized carbons (Fsp3) is 0.290. The van der Waals surface area contributed by atoms with Gasteiger partial charge in [0.2, 0.25) is 11.8 Å². The van der Waals surface area contributed by atoms with Gasteiger partial charge in [-0.25, -0.2) is 0 Å². The molecular formula is C31H31BN2O5. The Morgan fingerprint density at radius 2 is 1.62 bits per heavy atom. The minimum atomic E-state index is -1.18. The number of carbonyl (C=O) groups is 2. The number of nitrogens with one attached hydrogen (secondary N) is 1. The van der Waals surface area contributed by atoms with E-state index in [0.29, 0.717) is 24.1 Å². The summed E-state index contributed by atoms with van der Waals surface area (Å²) in [5.74, 6) is -1.76. The summed E-state index contributed by atoms with van der Waals surface area (Å²) >= 11 is 0. The third-order valence-electron chi connectivity index (χ3n) is 8.23. The minimum absolute atomic E-state index is 0.0860. The number of phenolic OH excluding ortho intramolecular Hbond substituents is 1. The largest absolute Gasteiger partial charge is 0.508 e. The number of benzene rings is 3. The molecule has 2 saturated heterocycles. The maximum Gasteiger partial charge on any atom is 0.487 e. The molecule has 0 bridgehead atoms. The van der Waals surface area contributed by atoms with Crippen molar-refractivity contribution >= 4 is 36.0 Å². The van der Waals surface area contributed by atoms with Gasteiger partial charge in [0.15, 0.2) is 0 Å². The van der Waals surface area contributed by atoms with Crippen LogP contribution in [0.4, 0.5) is 17.1 Å². The highest BCUT2D eigenvalue weighted by atomic mass is 16.5. The number of nitrogens with zero attached hydrogens (tertiary/aromatic N) is 1. The van der Waals surface area contributed by atoms with Crippen molar-refractivity contribution in [2.45, 2.75) is 38.7 Å².